The van der Waals surface area contributed by atoms with Crippen LogP contribution in [-0.2, 0) is 27.3 Å². The minimum Gasteiger partial charge on any atom is -0.492 e. The fourth-order valence-corrected chi connectivity index (χ4v) is 4.17. The number of nitrogens with zero attached hydrogens (tertiary/aromatic N) is 1. The number of hydrogen-bond acceptors (Lipinski definition) is 6. The molecule has 0 heterocycles. The molecule has 7 nitrogen and oxygen atoms in total. The smallest absolute Gasteiger partial charge is 0.410 e. The Morgan fingerprint density at radius 1 is 1.00 bits per heavy atom. The van der Waals surface area contributed by atoms with Gasteiger partial charge in [-0.15, -0.1) is 0 Å². The lowest BCUT2D eigenvalue weighted by Gasteiger charge is -2.22. The van der Waals surface area contributed by atoms with Crippen molar-refractivity contribution in [3.8, 4) is 5.75 Å². The maximum Gasteiger partial charge on any atom is 0.410 e. The van der Waals surface area contributed by atoms with E-state index in [1.54, 1.807) is 36.1 Å². The van der Waals surface area contributed by atoms with E-state index < -0.39 is 18.2 Å². The largest absolute Gasteiger partial charge is 0.492 e. The maximum absolute atomic E-state index is 13.1. The van der Waals surface area contributed by atoms with Crippen LogP contribution in [0, 0.1) is 5.82 Å². The summed E-state index contributed by atoms with van der Waals surface area (Å²) in [4.78, 5) is 25.6. The molecule has 1 amide bonds. The molecule has 1 N–H and O–H groups in total. The van der Waals surface area contributed by atoms with Crippen LogP contribution in [0.25, 0.3) is 0 Å². The van der Waals surface area contributed by atoms with Crippen LogP contribution in [0.3, 0.4) is 0 Å². The summed E-state index contributed by atoms with van der Waals surface area (Å²) in [5, 5.41) is 9.24. The molecule has 198 valence electrons. The van der Waals surface area contributed by atoms with E-state index in [2.05, 4.69) is 6.92 Å². The predicted molar refractivity (Wildman–Crippen MR) is 139 cm³/mol. The molecular weight excluding hydrogens is 485 g/mol. The lowest BCUT2D eigenvalue weighted by Crippen LogP contribution is -2.36. The summed E-state index contributed by atoms with van der Waals surface area (Å²) in [5.74, 6) is 1.34. The van der Waals surface area contributed by atoms with Crippen LogP contribution in [0.15, 0.2) is 48.5 Å². The van der Waals surface area contributed by atoms with E-state index in [0.29, 0.717) is 31.0 Å². The van der Waals surface area contributed by atoms with Crippen LogP contribution in [0.1, 0.15) is 37.8 Å². The molecule has 0 saturated carbocycles. The Balaban J connectivity index is 1.86. The van der Waals surface area contributed by atoms with Gasteiger partial charge in [-0.1, -0.05) is 31.2 Å². The van der Waals surface area contributed by atoms with Gasteiger partial charge in [-0.05, 0) is 66.7 Å². The number of carboxylic acids is 1. The summed E-state index contributed by atoms with van der Waals surface area (Å²) < 4.78 is 29.6. The molecule has 0 saturated heterocycles. The van der Waals surface area contributed by atoms with Crippen molar-refractivity contribution >= 4 is 23.8 Å². The summed E-state index contributed by atoms with van der Waals surface area (Å²) >= 11 is 1.86. The van der Waals surface area contributed by atoms with Gasteiger partial charge < -0.3 is 24.2 Å². The number of thioether (sulfide) groups is 1. The number of benzene rings is 2. The fraction of sp³-hybridized carbons (Fsp3) is 0.481. The quantitative estimate of drug-likeness (QED) is 0.279. The fourth-order valence-electron chi connectivity index (χ4n) is 3.34. The van der Waals surface area contributed by atoms with Gasteiger partial charge in [0.15, 0.2) is 6.10 Å². The van der Waals surface area contributed by atoms with Crippen LogP contribution in [0.5, 0.6) is 5.75 Å². The van der Waals surface area contributed by atoms with Gasteiger partial charge in [0.25, 0.3) is 0 Å². The highest BCUT2D eigenvalue weighted by molar-refractivity contribution is 7.99. The topological polar surface area (TPSA) is 85.3 Å². The molecule has 0 aliphatic heterocycles. The van der Waals surface area contributed by atoms with E-state index in [-0.39, 0.29) is 25.5 Å². The molecule has 36 heavy (non-hydrogen) atoms. The Morgan fingerprint density at radius 3 is 2.33 bits per heavy atom. The third kappa shape index (κ3) is 11.3. The third-order valence-electron chi connectivity index (χ3n) is 5.22. The van der Waals surface area contributed by atoms with Gasteiger partial charge in [0.2, 0.25) is 0 Å². The van der Waals surface area contributed by atoms with Crippen molar-refractivity contribution in [2.75, 3.05) is 37.8 Å². The molecule has 0 bridgehead atoms. The normalized spacial score (nSPS) is 11.6. The van der Waals surface area contributed by atoms with Crippen LogP contribution >= 0.6 is 11.8 Å². The van der Waals surface area contributed by atoms with E-state index >= 15 is 0 Å². The molecule has 0 fully saturated rings. The van der Waals surface area contributed by atoms with E-state index in [1.165, 1.54) is 12.1 Å². The van der Waals surface area contributed by atoms with Gasteiger partial charge in [-0.25, -0.2) is 14.0 Å². The van der Waals surface area contributed by atoms with E-state index in [4.69, 9.17) is 14.2 Å². The molecule has 0 spiro atoms. The monoisotopic (exact) mass is 521 g/mol. The number of aliphatic carboxylic acids is 1. The molecule has 0 radical (unpaired) electrons. The van der Waals surface area contributed by atoms with Crippen molar-refractivity contribution in [2.24, 2.45) is 0 Å². The second kappa shape index (κ2) is 16.8. The highest BCUT2D eigenvalue weighted by atomic mass is 32.2. The van der Waals surface area contributed by atoms with Crippen molar-refractivity contribution in [1.82, 2.24) is 4.90 Å². The van der Waals surface area contributed by atoms with E-state index in [1.807, 2.05) is 23.9 Å². The van der Waals surface area contributed by atoms with Crippen LogP contribution in [-0.4, -0.2) is 66.0 Å². The van der Waals surface area contributed by atoms with Crippen molar-refractivity contribution in [2.45, 2.75) is 45.8 Å². The minimum atomic E-state index is -0.989. The summed E-state index contributed by atoms with van der Waals surface area (Å²) in [6, 6.07) is 13.0. The summed E-state index contributed by atoms with van der Waals surface area (Å²) in [7, 11) is 0. The zero-order valence-electron chi connectivity index (χ0n) is 21.0. The molecule has 9 heteroatoms. The van der Waals surface area contributed by atoms with Gasteiger partial charge in [0.1, 0.15) is 24.8 Å². The Kier molecular flexibility index (Phi) is 13.8. The molecule has 2 aromatic rings. The number of ether oxygens (including phenoxy) is 3. The number of hydrogen-bond donors (Lipinski definition) is 1. The molecule has 0 aliphatic rings. The number of carbonyl (C=O) groups excluding carboxylic acids is 1. The molecule has 0 aliphatic carbocycles. The van der Waals surface area contributed by atoms with Crippen molar-refractivity contribution in [3.63, 3.8) is 0 Å². The first kappa shape index (κ1) is 29.5. The van der Waals surface area contributed by atoms with Crippen molar-refractivity contribution < 1.29 is 33.3 Å². The Bertz CT molecular complexity index is 909. The molecule has 1 atom stereocenters. The van der Waals surface area contributed by atoms with Gasteiger partial charge in [-0.3, -0.25) is 0 Å². The summed E-state index contributed by atoms with van der Waals surface area (Å²) in [5.41, 5.74) is 1.55. The van der Waals surface area contributed by atoms with Gasteiger partial charge >= 0.3 is 12.1 Å². The third-order valence-corrected chi connectivity index (χ3v) is 6.49. The van der Waals surface area contributed by atoms with Crippen molar-refractivity contribution in [3.05, 3.63) is 65.5 Å². The highest BCUT2D eigenvalue weighted by Crippen LogP contribution is 2.15. The van der Waals surface area contributed by atoms with Crippen LogP contribution in [0.4, 0.5) is 9.18 Å². The number of amides is 1. The molecular formula is C27H36FNO6S. The Morgan fingerprint density at radius 2 is 1.69 bits per heavy atom. The predicted octanol–water partition coefficient (Wildman–Crippen LogP) is 5.41. The zero-order chi connectivity index (χ0) is 26.2. The second-order valence-electron chi connectivity index (χ2n) is 8.11. The molecule has 1 unspecified atom stereocenters. The van der Waals surface area contributed by atoms with Crippen LogP contribution in [0.2, 0.25) is 0 Å². The SMILES string of the molecule is CCCSCCCN(CCOc1ccc(CC(OCC)C(=O)O)cc1)C(=O)OCc1ccc(F)cc1. The summed E-state index contributed by atoms with van der Waals surface area (Å²) in [6.45, 7) is 5.49. The number of rotatable bonds is 17. The minimum absolute atomic E-state index is 0.0710. The lowest BCUT2D eigenvalue weighted by atomic mass is 10.1. The van der Waals surface area contributed by atoms with Gasteiger partial charge in [-0.2, -0.15) is 11.8 Å². The highest BCUT2D eigenvalue weighted by Gasteiger charge is 2.18. The standard InChI is InChI=1S/C27H36FNO6S/c1-3-17-36-18-5-14-29(27(32)35-20-22-6-10-23(28)11-7-22)15-16-34-24-12-8-21(9-13-24)19-25(26(30)31)33-4-2/h6-13,25H,3-5,14-20H2,1-2H3,(H,30,31). The molecule has 2 rings (SSSR count). The van der Waals surface area contributed by atoms with E-state index in [0.717, 1.165) is 29.9 Å². The average molecular weight is 522 g/mol. The molecule has 2 aromatic carbocycles. The van der Waals surface area contributed by atoms with Crippen molar-refractivity contribution in [1.29, 1.82) is 0 Å². The number of carbonyl (C=O) groups is 2. The first-order valence-electron chi connectivity index (χ1n) is 12.2. The van der Waals surface area contributed by atoms with Crippen LogP contribution < -0.4 is 4.74 Å². The van der Waals surface area contributed by atoms with Gasteiger partial charge in [0, 0.05) is 19.6 Å². The zero-order valence-corrected chi connectivity index (χ0v) is 21.8. The first-order valence-corrected chi connectivity index (χ1v) is 13.4. The Labute approximate surface area is 216 Å². The molecule has 0 aromatic heterocycles. The summed E-state index contributed by atoms with van der Waals surface area (Å²) in [6.07, 6.45) is 0.910. The first-order chi connectivity index (χ1) is 17.4. The average Bonchev–Trinajstić information content (AvgIpc) is 2.87. The van der Waals surface area contributed by atoms with Gasteiger partial charge in [0.05, 0.1) is 6.54 Å². The Hall–Kier alpha value is -2.78. The lowest BCUT2D eigenvalue weighted by molar-refractivity contribution is -0.149. The number of halogens is 1. The number of carboxylic acid groups (broad SMARTS) is 1. The second-order valence-corrected chi connectivity index (χ2v) is 9.34. The van der Waals surface area contributed by atoms with E-state index in [9.17, 15) is 19.1 Å². The maximum atomic E-state index is 13.1.